The van der Waals surface area contributed by atoms with E-state index < -0.39 is 44.0 Å². The number of benzene rings is 2. The number of rotatable bonds is 15. The van der Waals surface area contributed by atoms with Gasteiger partial charge in [0.2, 0.25) is 23.6 Å². The number of nitrogens with one attached hydrogen (secondary N) is 4. The van der Waals surface area contributed by atoms with Crippen molar-refractivity contribution in [3.8, 4) is 5.75 Å². The smallest absolute Gasteiger partial charge is 0.362 e. The molecule has 15 nitrogen and oxygen atoms in total. The van der Waals surface area contributed by atoms with Crippen molar-refractivity contribution in [1.29, 1.82) is 0 Å². The van der Waals surface area contributed by atoms with Crippen LogP contribution in [0.15, 0.2) is 67.1 Å². The lowest BCUT2D eigenvalue weighted by molar-refractivity contribution is -0.145. The second-order valence-corrected chi connectivity index (χ2v) is 15.2. The predicted molar refractivity (Wildman–Crippen MR) is 198 cm³/mol. The molecule has 16 heteroatoms. The van der Waals surface area contributed by atoms with Gasteiger partial charge in [0.1, 0.15) is 23.9 Å². The van der Waals surface area contributed by atoms with Crippen LogP contribution in [0.2, 0.25) is 0 Å². The van der Waals surface area contributed by atoms with Gasteiger partial charge in [0.05, 0.1) is 12.4 Å². The van der Waals surface area contributed by atoms with E-state index in [-0.39, 0.29) is 43.4 Å². The number of aromatic nitrogens is 2. The van der Waals surface area contributed by atoms with Crippen LogP contribution < -0.4 is 20.7 Å². The van der Waals surface area contributed by atoms with Gasteiger partial charge in [-0.1, -0.05) is 62.7 Å². The molecule has 0 saturated carbocycles. The van der Waals surface area contributed by atoms with Gasteiger partial charge in [0.25, 0.3) is 0 Å². The van der Waals surface area contributed by atoms with Crippen LogP contribution in [0, 0.1) is 0 Å². The predicted octanol–water partition coefficient (Wildman–Crippen LogP) is 2.49. The van der Waals surface area contributed by atoms with Gasteiger partial charge in [-0.3, -0.25) is 28.6 Å². The first-order chi connectivity index (χ1) is 24.9. The van der Waals surface area contributed by atoms with Gasteiger partial charge < -0.3 is 40.4 Å². The van der Waals surface area contributed by atoms with Crippen molar-refractivity contribution in [3.05, 3.63) is 83.9 Å². The number of carbonyl (C=O) groups is 4. The van der Waals surface area contributed by atoms with Crippen molar-refractivity contribution < 1.29 is 38.3 Å². The maximum absolute atomic E-state index is 14.2. The Balaban J connectivity index is 0.00000627. The summed E-state index contributed by atoms with van der Waals surface area (Å²) in [5.74, 6) is -1.13. The van der Waals surface area contributed by atoms with Crippen molar-refractivity contribution in [3.63, 3.8) is 0 Å². The first-order valence-corrected chi connectivity index (χ1v) is 19.3. The summed E-state index contributed by atoms with van der Waals surface area (Å²) in [5.41, 5.74) is 2.38. The summed E-state index contributed by atoms with van der Waals surface area (Å²) in [7, 11) is -0.781. The lowest BCUT2D eigenvalue weighted by atomic mass is 9.98. The normalized spacial score (nSPS) is 19.9. The van der Waals surface area contributed by atoms with Crippen molar-refractivity contribution in [2.45, 2.75) is 95.5 Å². The van der Waals surface area contributed by atoms with Gasteiger partial charge in [-0.2, -0.15) is 0 Å². The number of amides is 4. The summed E-state index contributed by atoms with van der Waals surface area (Å²) in [4.78, 5) is 84.0. The number of likely N-dealkylation sites (N-methyl/N-ethyl adjacent to an activating group) is 1. The first-order valence-electron chi connectivity index (χ1n) is 17.5. The minimum Gasteiger partial charge on any atom is -0.481 e. The van der Waals surface area contributed by atoms with E-state index in [2.05, 4.69) is 25.9 Å². The quantitative estimate of drug-likeness (QED) is 0.125. The van der Waals surface area contributed by atoms with E-state index in [0.29, 0.717) is 37.9 Å². The molecule has 6 N–H and O–H groups in total. The molecule has 1 aromatic heterocycles. The van der Waals surface area contributed by atoms with Gasteiger partial charge in [0, 0.05) is 30.9 Å². The number of imidazole rings is 1. The highest BCUT2D eigenvalue weighted by molar-refractivity contribution is 7.51. The SMILES string of the molecule is C.CN(C)[C@@H](Cc1ccc(OCP(=O)(O)O)cc1)C(=O)N[C@H]1CCCCC2CC[C@@H](C(=O)N[C@@H](Cc3cnc[nH]3)C(=O)NCc3ccccc3)N2C1=O. The number of ether oxygens (including phenoxy) is 1. The average molecular weight is 754 g/mol. The Bertz CT molecular complexity index is 1700. The molecule has 2 saturated heterocycles. The van der Waals surface area contributed by atoms with E-state index in [1.807, 2.05) is 30.3 Å². The molecule has 1 unspecified atom stereocenters. The standard InChI is InChI=1S/C36H48N7O8P.CH4/c1-42(2)32(18-24-12-15-28(16-13-24)51-23-52(48,49)50)35(46)40-29-11-7-6-10-27-14-17-31(43(27)36(29)47)34(45)41-30(19-26-21-37-22-39-26)33(44)38-20-25-8-4-3-5-9-25;/h3-5,8-9,12-13,15-16,21-22,27,29-32H,6-7,10-11,14,17-20,23H2,1-2H3,(H,37,39)(H,38,44)(H,40,46)(H,41,45)(H2,48,49,50);1H4/t27?,29-,30-,31-,32-;/m0./s1. The zero-order valence-corrected chi connectivity index (χ0v) is 30.3. The molecule has 53 heavy (non-hydrogen) atoms. The third-order valence-corrected chi connectivity index (χ3v) is 10.0. The highest BCUT2D eigenvalue weighted by Crippen LogP contribution is 2.35. The van der Waals surface area contributed by atoms with Crippen LogP contribution in [0.4, 0.5) is 0 Å². The summed E-state index contributed by atoms with van der Waals surface area (Å²) in [6.45, 7) is 0.291. The molecule has 3 heterocycles. The molecule has 0 aliphatic carbocycles. The van der Waals surface area contributed by atoms with Crippen molar-refractivity contribution in [2.75, 3.05) is 20.4 Å². The Hall–Kier alpha value is -4.56. The van der Waals surface area contributed by atoms with Crippen LogP contribution >= 0.6 is 7.60 Å². The molecule has 2 fully saturated rings. The molecule has 3 aromatic rings. The van der Waals surface area contributed by atoms with Gasteiger partial charge >= 0.3 is 7.60 Å². The van der Waals surface area contributed by atoms with Gasteiger partial charge in [0.15, 0.2) is 6.35 Å². The second-order valence-electron chi connectivity index (χ2n) is 13.6. The molecular formula is C37H52N7O8P. The monoisotopic (exact) mass is 753 g/mol. The third-order valence-electron chi connectivity index (χ3n) is 9.55. The first kappa shape index (κ1) is 41.2. The number of nitrogens with zero attached hydrogens (tertiary/aromatic N) is 3. The molecule has 5 rings (SSSR count). The van der Waals surface area contributed by atoms with Crippen LogP contribution in [0.5, 0.6) is 5.75 Å². The van der Waals surface area contributed by atoms with Crippen LogP contribution in [0.25, 0.3) is 0 Å². The number of H-pyrrole nitrogens is 1. The fourth-order valence-corrected chi connectivity index (χ4v) is 7.12. The van der Waals surface area contributed by atoms with Crippen LogP contribution in [-0.2, 0) is 43.1 Å². The maximum Gasteiger partial charge on any atom is 0.362 e. The summed E-state index contributed by atoms with van der Waals surface area (Å²) in [5, 5.41) is 8.83. The number of hydrogen-bond acceptors (Lipinski definition) is 8. The second kappa shape index (κ2) is 19.0. The largest absolute Gasteiger partial charge is 0.481 e. The van der Waals surface area contributed by atoms with E-state index in [4.69, 9.17) is 14.5 Å². The molecule has 0 spiro atoms. The number of hydrogen-bond donors (Lipinski definition) is 6. The molecule has 2 aliphatic rings. The summed E-state index contributed by atoms with van der Waals surface area (Å²) in [6, 6.07) is 12.7. The molecule has 2 aliphatic heterocycles. The van der Waals surface area contributed by atoms with Crippen LogP contribution in [0.3, 0.4) is 0 Å². The van der Waals surface area contributed by atoms with E-state index in [1.165, 1.54) is 6.33 Å². The lowest BCUT2D eigenvalue weighted by Gasteiger charge is -2.36. The molecule has 4 amide bonds. The maximum atomic E-state index is 14.2. The lowest BCUT2D eigenvalue weighted by Crippen LogP contribution is -2.59. The van der Waals surface area contributed by atoms with Crippen LogP contribution in [-0.4, -0.2) is 104 Å². The molecule has 288 valence electrons. The Morgan fingerprint density at radius 2 is 1.70 bits per heavy atom. The van der Waals surface area contributed by atoms with Crippen molar-refractivity contribution >= 4 is 31.2 Å². The van der Waals surface area contributed by atoms with Crippen molar-refractivity contribution in [1.82, 2.24) is 35.7 Å². The summed E-state index contributed by atoms with van der Waals surface area (Å²) in [6.07, 6.45) is 6.72. The van der Waals surface area contributed by atoms with E-state index in [1.54, 1.807) is 54.4 Å². The fraction of sp³-hybridized carbons (Fsp3) is 0.486. The number of fused-ring (bicyclic) bond motifs is 1. The minimum absolute atomic E-state index is 0. The zero-order valence-electron chi connectivity index (χ0n) is 29.4. The zero-order chi connectivity index (χ0) is 37.3. The highest BCUT2D eigenvalue weighted by atomic mass is 31.2. The summed E-state index contributed by atoms with van der Waals surface area (Å²) < 4.78 is 16.3. The minimum atomic E-state index is -4.33. The number of aromatic amines is 1. The van der Waals surface area contributed by atoms with Gasteiger partial charge in [-0.15, -0.1) is 0 Å². The van der Waals surface area contributed by atoms with Crippen LogP contribution in [0.1, 0.15) is 62.8 Å². The Kier molecular flexibility index (Phi) is 14.7. The Labute approximate surface area is 310 Å². The fourth-order valence-electron chi connectivity index (χ4n) is 6.81. The summed E-state index contributed by atoms with van der Waals surface area (Å²) >= 11 is 0. The van der Waals surface area contributed by atoms with E-state index in [9.17, 15) is 23.7 Å². The average Bonchev–Trinajstić information content (AvgIpc) is 3.79. The third kappa shape index (κ3) is 11.7. The highest BCUT2D eigenvalue weighted by Gasteiger charge is 2.45. The molecule has 5 atom stereocenters. The molecular weight excluding hydrogens is 701 g/mol. The molecule has 0 bridgehead atoms. The molecule has 0 radical (unpaired) electrons. The number of carbonyl (C=O) groups excluding carboxylic acids is 4. The van der Waals surface area contributed by atoms with Gasteiger partial charge in [-0.05, 0) is 69.5 Å². The topological polar surface area (TPSA) is 206 Å². The van der Waals surface area contributed by atoms with E-state index in [0.717, 1.165) is 30.4 Å². The van der Waals surface area contributed by atoms with E-state index >= 15 is 0 Å². The Morgan fingerprint density at radius 1 is 0.981 bits per heavy atom. The molecule has 2 aromatic carbocycles. The van der Waals surface area contributed by atoms with Gasteiger partial charge in [-0.25, -0.2) is 4.98 Å². The van der Waals surface area contributed by atoms with Crippen molar-refractivity contribution in [2.24, 2.45) is 0 Å². The Morgan fingerprint density at radius 3 is 2.36 bits per heavy atom.